The van der Waals surface area contributed by atoms with Crippen LogP contribution in [0.2, 0.25) is 0 Å². The fourth-order valence-corrected chi connectivity index (χ4v) is 3.12. The molecular weight excluding hydrogens is 382 g/mol. The van der Waals surface area contributed by atoms with Crippen molar-refractivity contribution in [3.05, 3.63) is 29.8 Å². The second-order valence-corrected chi connectivity index (χ2v) is 7.21. The SMILES string of the molecule is C#CCC(CCc1ccc(OCCCCCCC)cc1)(NC(=O)OC)C(=O)OCC. The summed E-state index contributed by atoms with van der Waals surface area (Å²) in [6.45, 7) is 4.81. The van der Waals surface area contributed by atoms with E-state index in [0.717, 1.165) is 17.7 Å². The number of nitrogens with one attached hydrogen (secondary N) is 1. The Morgan fingerprint density at radius 3 is 2.40 bits per heavy atom. The molecule has 1 amide bonds. The molecule has 0 aliphatic carbocycles. The van der Waals surface area contributed by atoms with Crippen molar-refractivity contribution < 1.29 is 23.8 Å². The topological polar surface area (TPSA) is 73.9 Å². The van der Waals surface area contributed by atoms with Crippen molar-refractivity contribution in [1.29, 1.82) is 0 Å². The molecule has 0 saturated heterocycles. The molecule has 0 spiro atoms. The van der Waals surface area contributed by atoms with Gasteiger partial charge in [0.25, 0.3) is 0 Å². The molecule has 1 rings (SSSR count). The van der Waals surface area contributed by atoms with E-state index in [1.807, 2.05) is 24.3 Å². The molecule has 0 aromatic heterocycles. The number of terminal acetylenes is 1. The first-order valence-electron chi connectivity index (χ1n) is 10.7. The van der Waals surface area contributed by atoms with Gasteiger partial charge in [-0.25, -0.2) is 9.59 Å². The molecule has 166 valence electrons. The number of methoxy groups -OCH3 is 1. The van der Waals surface area contributed by atoms with Gasteiger partial charge >= 0.3 is 12.1 Å². The summed E-state index contributed by atoms with van der Waals surface area (Å²) < 4.78 is 15.6. The number of esters is 1. The highest BCUT2D eigenvalue weighted by atomic mass is 16.5. The summed E-state index contributed by atoms with van der Waals surface area (Å²) in [5.74, 6) is 2.74. The maximum Gasteiger partial charge on any atom is 0.407 e. The number of benzene rings is 1. The highest BCUT2D eigenvalue weighted by Crippen LogP contribution is 2.22. The standard InChI is InChI=1S/C24H35NO5/c1-5-8-9-10-11-19-30-21-14-12-20(13-15-21)16-18-24(17-6-2,22(26)29-7-3)25-23(27)28-4/h2,12-15H,5,7-11,16-19H2,1,3-4H3,(H,25,27). The molecule has 1 atom stereocenters. The molecule has 0 heterocycles. The molecule has 6 heteroatoms. The van der Waals surface area contributed by atoms with Crippen LogP contribution in [0.25, 0.3) is 0 Å². The van der Waals surface area contributed by atoms with E-state index in [4.69, 9.17) is 15.9 Å². The van der Waals surface area contributed by atoms with Gasteiger partial charge < -0.3 is 19.5 Å². The summed E-state index contributed by atoms with van der Waals surface area (Å²) in [6, 6.07) is 7.75. The minimum absolute atomic E-state index is 0.0140. The van der Waals surface area contributed by atoms with Crippen LogP contribution in [0.4, 0.5) is 4.79 Å². The third-order valence-electron chi connectivity index (χ3n) is 4.88. The van der Waals surface area contributed by atoms with Crippen molar-refractivity contribution in [2.75, 3.05) is 20.3 Å². The molecule has 0 fully saturated rings. The summed E-state index contributed by atoms with van der Waals surface area (Å²) >= 11 is 0. The van der Waals surface area contributed by atoms with E-state index in [-0.39, 0.29) is 13.0 Å². The molecule has 0 saturated carbocycles. The van der Waals surface area contributed by atoms with Crippen molar-refractivity contribution in [1.82, 2.24) is 5.32 Å². The third kappa shape index (κ3) is 8.77. The minimum Gasteiger partial charge on any atom is -0.494 e. The lowest BCUT2D eigenvalue weighted by atomic mass is 9.88. The molecule has 0 bridgehead atoms. The number of hydrogen-bond acceptors (Lipinski definition) is 5. The van der Waals surface area contributed by atoms with E-state index < -0.39 is 17.6 Å². The van der Waals surface area contributed by atoms with Crippen molar-refractivity contribution >= 4 is 12.1 Å². The predicted molar refractivity (Wildman–Crippen MR) is 117 cm³/mol. The summed E-state index contributed by atoms with van der Waals surface area (Å²) in [4.78, 5) is 24.4. The van der Waals surface area contributed by atoms with Crippen LogP contribution in [-0.2, 0) is 20.7 Å². The van der Waals surface area contributed by atoms with E-state index in [0.29, 0.717) is 19.4 Å². The average Bonchev–Trinajstić information content (AvgIpc) is 2.75. The van der Waals surface area contributed by atoms with Crippen molar-refractivity contribution in [2.45, 2.75) is 70.8 Å². The van der Waals surface area contributed by atoms with E-state index in [9.17, 15) is 9.59 Å². The van der Waals surface area contributed by atoms with E-state index in [1.165, 1.54) is 32.8 Å². The monoisotopic (exact) mass is 417 g/mol. The maximum atomic E-state index is 12.6. The van der Waals surface area contributed by atoms with E-state index in [1.54, 1.807) is 6.92 Å². The number of carbonyl (C=O) groups is 2. The van der Waals surface area contributed by atoms with Crippen LogP contribution in [0.5, 0.6) is 5.75 Å². The Hall–Kier alpha value is -2.68. The second kappa shape index (κ2) is 14.3. The lowest BCUT2D eigenvalue weighted by molar-refractivity contribution is -0.151. The smallest absolute Gasteiger partial charge is 0.407 e. The molecule has 0 radical (unpaired) electrons. The highest BCUT2D eigenvalue weighted by Gasteiger charge is 2.41. The van der Waals surface area contributed by atoms with Gasteiger partial charge in [0.05, 0.1) is 20.3 Å². The van der Waals surface area contributed by atoms with Gasteiger partial charge in [0.1, 0.15) is 5.75 Å². The van der Waals surface area contributed by atoms with Crippen LogP contribution in [0.3, 0.4) is 0 Å². The lowest BCUT2D eigenvalue weighted by Gasteiger charge is -2.30. The zero-order valence-electron chi connectivity index (χ0n) is 18.5. The molecule has 1 aromatic carbocycles. The predicted octanol–water partition coefficient (Wildman–Crippen LogP) is 4.65. The molecule has 1 unspecified atom stereocenters. The van der Waals surface area contributed by atoms with E-state index >= 15 is 0 Å². The average molecular weight is 418 g/mol. The Morgan fingerprint density at radius 2 is 1.80 bits per heavy atom. The Labute approximate surface area is 180 Å². The van der Waals surface area contributed by atoms with Crippen LogP contribution < -0.4 is 10.1 Å². The number of unbranched alkanes of at least 4 members (excludes halogenated alkanes) is 4. The maximum absolute atomic E-state index is 12.6. The van der Waals surface area contributed by atoms with Crippen molar-refractivity contribution in [2.24, 2.45) is 0 Å². The Kier molecular flexibility index (Phi) is 12.1. The Bertz CT molecular complexity index is 680. The van der Waals surface area contributed by atoms with E-state index in [2.05, 4.69) is 22.9 Å². The first-order valence-corrected chi connectivity index (χ1v) is 10.7. The van der Waals surface area contributed by atoms with Crippen molar-refractivity contribution in [3.63, 3.8) is 0 Å². The van der Waals surface area contributed by atoms with Crippen LogP contribution in [-0.4, -0.2) is 37.9 Å². The van der Waals surface area contributed by atoms with Crippen LogP contribution in [0.15, 0.2) is 24.3 Å². The summed E-state index contributed by atoms with van der Waals surface area (Å²) in [7, 11) is 1.24. The van der Waals surface area contributed by atoms with Gasteiger partial charge in [0.15, 0.2) is 5.54 Å². The van der Waals surface area contributed by atoms with Gasteiger partial charge in [0, 0.05) is 6.42 Å². The van der Waals surface area contributed by atoms with Crippen molar-refractivity contribution in [3.8, 4) is 18.1 Å². The fraction of sp³-hybridized carbons (Fsp3) is 0.583. The third-order valence-corrected chi connectivity index (χ3v) is 4.88. The summed E-state index contributed by atoms with van der Waals surface area (Å²) in [6.07, 6.45) is 11.6. The summed E-state index contributed by atoms with van der Waals surface area (Å²) in [5.41, 5.74) is -0.325. The van der Waals surface area contributed by atoms with Gasteiger partial charge in [-0.3, -0.25) is 0 Å². The fourth-order valence-electron chi connectivity index (χ4n) is 3.12. The number of alkyl carbamates (subject to hydrolysis) is 1. The normalized spacial score (nSPS) is 12.3. The molecule has 1 N–H and O–H groups in total. The quantitative estimate of drug-likeness (QED) is 0.271. The number of aryl methyl sites for hydroxylation is 1. The number of carbonyl (C=O) groups excluding carboxylic acids is 2. The first kappa shape index (κ1) is 25.4. The number of amides is 1. The minimum atomic E-state index is -1.33. The molecule has 0 aliphatic rings. The zero-order chi connectivity index (χ0) is 22.2. The lowest BCUT2D eigenvalue weighted by Crippen LogP contribution is -2.55. The first-order chi connectivity index (χ1) is 14.5. The molecule has 1 aromatic rings. The summed E-state index contributed by atoms with van der Waals surface area (Å²) in [5, 5.41) is 2.59. The van der Waals surface area contributed by atoms with Gasteiger partial charge in [0.2, 0.25) is 0 Å². The number of hydrogen-bond donors (Lipinski definition) is 1. The van der Waals surface area contributed by atoms with Gasteiger partial charge in [-0.1, -0.05) is 44.7 Å². The Balaban J connectivity index is 2.70. The Morgan fingerprint density at radius 1 is 1.10 bits per heavy atom. The largest absolute Gasteiger partial charge is 0.494 e. The molecular formula is C24H35NO5. The highest BCUT2D eigenvalue weighted by molar-refractivity contribution is 5.86. The molecule has 0 aliphatic heterocycles. The molecule has 6 nitrogen and oxygen atoms in total. The zero-order valence-corrected chi connectivity index (χ0v) is 18.5. The van der Waals surface area contributed by atoms with Crippen LogP contribution in [0, 0.1) is 12.3 Å². The number of ether oxygens (including phenoxy) is 3. The van der Waals surface area contributed by atoms with Gasteiger partial charge in [-0.05, 0) is 43.9 Å². The van der Waals surface area contributed by atoms with Crippen LogP contribution in [0.1, 0.15) is 64.4 Å². The number of rotatable bonds is 14. The second-order valence-electron chi connectivity index (χ2n) is 7.21. The van der Waals surface area contributed by atoms with Crippen LogP contribution >= 0.6 is 0 Å². The van der Waals surface area contributed by atoms with Gasteiger partial charge in [-0.15, -0.1) is 12.3 Å². The van der Waals surface area contributed by atoms with Gasteiger partial charge in [-0.2, -0.15) is 0 Å². The molecule has 30 heavy (non-hydrogen) atoms.